The Morgan fingerprint density at radius 1 is 1.00 bits per heavy atom. The molecule has 0 unspecified atom stereocenters. The molecule has 0 aliphatic heterocycles. The maximum Gasteiger partial charge on any atom is 0.341 e. The number of benzene rings is 2. The Kier molecular flexibility index (Phi) is 6.92. The SMILES string of the molecule is O=C(O)COc1cccc2c1CCC=C2CCON=C(c1ccccc1)c1ccncc1. The molecule has 0 spiro atoms. The van der Waals surface area contributed by atoms with Crippen LogP contribution in [0.4, 0.5) is 0 Å². The van der Waals surface area contributed by atoms with E-state index in [1.807, 2.05) is 60.7 Å². The van der Waals surface area contributed by atoms with Crippen LogP contribution in [-0.2, 0) is 16.1 Å². The summed E-state index contributed by atoms with van der Waals surface area (Å²) in [4.78, 5) is 20.7. The summed E-state index contributed by atoms with van der Waals surface area (Å²) in [6, 6.07) is 19.5. The van der Waals surface area contributed by atoms with Gasteiger partial charge < -0.3 is 14.7 Å². The van der Waals surface area contributed by atoms with Gasteiger partial charge in [0.15, 0.2) is 6.61 Å². The second-order valence-corrected chi connectivity index (χ2v) is 7.36. The van der Waals surface area contributed by atoms with Crippen molar-refractivity contribution in [1.82, 2.24) is 4.98 Å². The van der Waals surface area contributed by atoms with Crippen molar-refractivity contribution in [2.75, 3.05) is 13.2 Å². The fourth-order valence-corrected chi connectivity index (χ4v) is 3.78. The van der Waals surface area contributed by atoms with Gasteiger partial charge in [-0.2, -0.15) is 0 Å². The lowest BCUT2D eigenvalue weighted by molar-refractivity contribution is -0.139. The van der Waals surface area contributed by atoms with E-state index in [-0.39, 0.29) is 6.61 Å². The lowest BCUT2D eigenvalue weighted by atomic mass is 9.89. The van der Waals surface area contributed by atoms with Crippen molar-refractivity contribution in [2.24, 2.45) is 5.16 Å². The number of aromatic nitrogens is 1. The van der Waals surface area contributed by atoms with E-state index in [0.717, 1.165) is 46.4 Å². The molecule has 0 amide bonds. The second kappa shape index (κ2) is 10.4. The number of hydrogen-bond donors (Lipinski definition) is 1. The van der Waals surface area contributed by atoms with Crippen LogP contribution >= 0.6 is 0 Å². The van der Waals surface area contributed by atoms with Gasteiger partial charge in [0, 0.05) is 35.5 Å². The monoisotopic (exact) mass is 428 g/mol. The number of carbonyl (C=O) groups is 1. The largest absolute Gasteiger partial charge is 0.482 e. The van der Waals surface area contributed by atoms with Crippen LogP contribution in [0.2, 0.25) is 0 Å². The summed E-state index contributed by atoms with van der Waals surface area (Å²) in [7, 11) is 0. The molecule has 0 saturated carbocycles. The molecule has 2 aromatic carbocycles. The van der Waals surface area contributed by atoms with Crippen LogP contribution in [0.1, 0.15) is 35.1 Å². The van der Waals surface area contributed by atoms with E-state index in [9.17, 15) is 4.79 Å². The number of ether oxygens (including phenoxy) is 1. The molecule has 1 heterocycles. The molecule has 3 aromatic rings. The highest BCUT2D eigenvalue weighted by molar-refractivity contribution is 6.12. The van der Waals surface area contributed by atoms with Crippen LogP contribution in [0.25, 0.3) is 5.57 Å². The summed E-state index contributed by atoms with van der Waals surface area (Å²) >= 11 is 0. The van der Waals surface area contributed by atoms with Crippen LogP contribution in [0, 0.1) is 0 Å². The smallest absolute Gasteiger partial charge is 0.341 e. The standard InChI is InChI=1S/C26H24N2O4/c29-25(30)18-31-24-11-5-9-22-19(8-4-10-23(22)24)14-17-32-28-26(20-6-2-1-3-7-20)21-12-15-27-16-13-21/h1-3,5-9,11-13,15-16H,4,10,14,17-18H2,(H,29,30). The Labute approximate surface area is 186 Å². The number of oxime groups is 1. The van der Waals surface area contributed by atoms with Gasteiger partial charge in [-0.3, -0.25) is 4.98 Å². The summed E-state index contributed by atoms with van der Waals surface area (Å²) < 4.78 is 5.48. The Balaban J connectivity index is 1.46. The Morgan fingerprint density at radius 3 is 2.56 bits per heavy atom. The third-order valence-electron chi connectivity index (χ3n) is 5.23. The molecule has 6 heteroatoms. The van der Waals surface area contributed by atoms with Gasteiger partial charge >= 0.3 is 5.97 Å². The van der Waals surface area contributed by atoms with Crippen LogP contribution in [-0.4, -0.2) is 35.0 Å². The van der Waals surface area contributed by atoms with E-state index in [0.29, 0.717) is 18.8 Å². The van der Waals surface area contributed by atoms with Gasteiger partial charge in [-0.25, -0.2) is 4.79 Å². The van der Waals surface area contributed by atoms with E-state index >= 15 is 0 Å². The van der Waals surface area contributed by atoms with E-state index in [2.05, 4.69) is 16.2 Å². The molecule has 4 rings (SSSR count). The van der Waals surface area contributed by atoms with Gasteiger partial charge in [0.25, 0.3) is 0 Å². The fraction of sp³-hybridized carbons (Fsp3) is 0.192. The highest BCUT2D eigenvalue weighted by Gasteiger charge is 2.17. The van der Waals surface area contributed by atoms with Crippen LogP contribution in [0.15, 0.2) is 84.3 Å². The molecule has 0 radical (unpaired) electrons. The van der Waals surface area contributed by atoms with Gasteiger partial charge in [-0.15, -0.1) is 0 Å². The number of aliphatic carboxylic acids is 1. The Hall–Kier alpha value is -3.93. The van der Waals surface area contributed by atoms with E-state index in [1.165, 1.54) is 0 Å². The van der Waals surface area contributed by atoms with Gasteiger partial charge in [-0.1, -0.05) is 53.7 Å². The average Bonchev–Trinajstić information content (AvgIpc) is 2.84. The van der Waals surface area contributed by atoms with Gasteiger partial charge in [0.2, 0.25) is 0 Å². The van der Waals surface area contributed by atoms with Crippen LogP contribution in [0.3, 0.4) is 0 Å². The quantitative estimate of drug-likeness (QED) is 0.303. The maximum atomic E-state index is 10.9. The number of carboxylic acids is 1. The summed E-state index contributed by atoms with van der Waals surface area (Å²) in [5.74, 6) is -0.345. The van der Waals surface area contributed by atoms with Gasteiger partial charge in [-0.05, 0) is 42.2 Å². The van der Waals surface area contributed by atoms with Crippen LogP contribution in [0.5, 0.6) is 5.75 Å². The predicted octanol–water partition coefficient (Wildman–Crippen LogP) is 4.73. The van der Waals surface area contributed by atoms with E-state index in [4.69, 9.17) is 14.7 Å². The van der Waals surface area contributed by atoms with Crippen LogP contribution < -0.4 is 4.74 Å². The Bertz CT molecular complexity index is 1080. The molecule has 162 valence electrons. The molecule has 6 nitrogen and oxygen atoms in total. The van der Waals surface area contributed by atoms with Crippen molar-refractivity contribution in [3.8, 4) is 5.75 Å². The molecule has 0 atom stereocenters. The number of carboxylic acid groups (broad SMARTS) is 1. The fourth-order valence-electron chi connectivity index (χ4n) is 3.78. The lowest BCUT2D eigenvalue weighted by Gasteiger charge is -2.20. The summed E-state index contributed by atoms with van der Waals surface area (Å²) in [6.07, 6.45) is 8.08. The first-order valence-corrected chi connectivity index (χ1v) is 10.5. The van der Waals surface area contributed by atoms with Gasteiger partial charge in [0.1, 0.15) is 18.1 Å². The lowest BCUT2D eigenvalue weighted by Crippen LogP contribution is -2.12. The van der Waals surface area contributed by atoms with E-state index in [1.54, 1.807) is 12.4 Å². The first kappa shape index (κ1) is 21.3. The van der Waals surface area contributed by atoms with Crippen molar-refractivity contribution in [3.63, 3.8) is 0 Å². The molecular formula is C26H24N2O4. The van der Waals surface area contributed by atoms with Gasteiger partial charge in [0.05, 0.1) is 0 Å². The average molecular weight is 428 g/mol. The molecule has 1 aromatic heterocycles. The van der Waals surface area contributed by atoms with Crippen molar-refractivity contribution >= 4 is 17.3 Å². The number of rotatable bonds is 9. The summed E-state index contributed by atoms with van der Waals surface area (Å²) in [5, 5.41) is 13.4. The van der Waals surface area contributed by atoms with Crippen molar-refractivity contribution < 1.29 is 19.5 Å². The molecule has 0 saturated heterocycles. The zero-order chi connectivity index (χ0) is 22.2. The zero-order valence-electron chi connectivity index (χ0n) is 17.6. The molecule has 0 bridgehead atoms. The maximum absolute atomic E-state index is 10.9. The highest BCUT2D eigenvalue weighted by atomic mass is 16.6. The number of fused-ring (bicyclic) bond motifs is 1. The Morgan fingerprint density at radius 2 is 1.78 bits per heavy atom. The minimum atomic E-state index is -0.983. The van der Waals surface area contributed by atoms with Crippen molar-refractivity contribution in [3.05, 3.63) is 101 Å². The van der Waals surface area contributed by atoms with Crippen molar-refractivity contribution in [2.45, 2.75) is 19.3 Å². The third kappa shape index (κ3) is 5.21. The molecule has 32 heavy (non-hydrogen) atoms. The molecule has 1 aliphatic rings. The zero-order valence-corrected chi connectivity index (χ0v) is 17.6. The predicted molar refractivity (Wildman–Crippen MR) is 123 cm³/mol. The number of allylic oxidation sites excluding steroid dienone is 1. The first-order chi connectivity index (χ1) is 15.7. The molecule has 1 aliphatic carbocycles. The van der Waals surface area contributed by atoms with E-state index < -0.39 is 5.97 Å². The summed E-state index contributed by atoms with van der Waals surface area (Å²) in [6.45, 7) is 0.0808. The molecular weight excluding hydrogens is 404 g/mol. The normalized spacial score (nSPS) is 13.1. The van der Waals surface area contributed by atoms with Crippen molar-refractivity contribution in [1.29, 1.82) is 0 Å². The third-order valence-corrected chi connectivity index (χ3v) is 5.23. The number of nitrogens with zero attached hydrogens (tertiary/aromatic N) is 2. The highest BCUT2D eigenvalue weighted by Crippen LogP contribution is 2.34. The second-order valence-electron chi connectivity index (χ2n) is 7.36. The number of hydrogen-bond acceptors (Lipinski definition) is 5. The first-order valence-electron chi connectivity index (χ1n) is 10.5. The topological polar surface area (TPSA) is 81.0 Å². The number of pyridine rings is 1. The minimum Gasteiger partial charge on any atom is -0.482 e. The molecule has 0 fully saturated rings. The summed E-state index contributed by atoms with van der Waals surface area (Å²) in [5.41, 5.74) is 5.97. The minimum absolute atomic E-state index is 0.343. The molecule has 1 N–H and O–H groups in total.